The fourth-order valence-corrected chi connectivity index (χ4v) is 6.12. The van der Waals surface area contributed by atoms with Crippen molar-refractivity contribution in [1.29, 1.82) is 0 Å². The van der Waals surface area contributed by atoms with E-state index in [4.69, 9.17) is 4.74 Å². The number of hydrogen-bond acceptors (Lipinski definition) is 8. The summed E-state index contributed by atoms with van der Waals surface area (Å²) in [7, 11) is -3.74. The first kappa shape index (κ1) is 24.1. The molecular formula is C23H27N5O4S2. The second kappa shape index (κ2) is 10.1. The molecule has 2 heterocycles. The lowest BCUT2D eigenvalue weighted by Gasteiger charge is -2.14. The molecule has 4 aromatic rings. The number of rotatable bonds is 10. The average Bonchev–Trinajstić information content (AvgIpc) is 3.34. The maximum atomic E-state index is 12.7. The number of benzene rings is 2. The van der Waals surface area contributed by atoms with Crippen molar-refractivity contribution >= 4 is 38.0 Å². The third-order valence-electron chi connectivity index (χ3n) is 5.23. The van der Waals surface area contributed by atoms with Gasteiger partial charge in [0.2, 0.25) is 0 Å². The molecule has 1 atom stereocenters. The number of anilines is 1. The first-order valence-electron chi connectivity index (χ1n) is 10.8. The van der Waals surface area contributed by atoms with E-state index in [0.717, 1.165) is 33.7 Å². The molecule has 2 aromatic carbocycles. The number of fused-ring (bicyclic) bond motifs is 1. The van der Waals surface area contributed by atoms with Crippen molar-refractivity contribution in [1.82, 2.24) is 20.5 Å². The third kappa shape index (κ3) is 5.55. The standard InChI is InChI=1S/C23H27N5O4S2/c1-14-20-8-7-19(12-21(20)27-26-14)32-10-9-24-13-22(29)17-5-4-6-18(11-17)28-34(30,31)23-15(2)25-16(3)33-23/h4-8,11-12,22,24,28-29H,9-10,13H2,1-3H3,(H,26,27)/t22-/m0/s1. The summed E-state index contributed by atoms with van der Waals surface area (Å²) in [5.41, 5.74) is 3.33. The number of nitrogens with zero attached hydrogens (tertiary/aromatic N) is 2. The molecule has 0 fully saturated rings. The minimum Gasteiger partial charge on any atom is -0.492 e. The van der Waals surface area contributed by atoms with Gasteiger partial charge in [-0.3, -0.25) is 9.82 Å². The first-order valence-corrected chi connectivity index (χ1v) is 13.1. The van der Waals surface area contributed by atoms with Gasteiger partial charge in [-0.05, 0) is 50.6 Å². The fraction of sp³-hybridized carbons (Fsp3) is 0.304. The number of aromatic nitrogens is 3. The van der Waals surface area contributed by atoms with Gasteiger partial charge >= 0.3 is 0 Å². The molecule has 11 heteroatoms. The van der Waals surface area contributed by atoms with Crippen LogP contribution in [0.2, 0.25) is 0 Å². The Morgan fingerprint density at radius 1 is 1.18 bits per heavy atom. The van der Waals surface area contributed by atoms with Gasteiger partial charge in [0.25, 0.3) is 10.0 Å². The Hall–Kier alpha value is -2.99. The number of aliphatic hydroxyl groups is 1. The molecular weight excluding hydrogens is 474 g/mol. The number of ether oxygens (including phenoxy) is 1. The SMILES string of the molecule is Cc1nc(C)c(S(=O)(=O)Nc2cccc([C@@H](O)CNCCOc3ccc4c(C)[nH]nc4c3)c2)s1. The molecule has 34 heavy (non-hydrogen) atoms. The van der Waals surface area contributed by atoms with Gasteiger partial charge in [0.1, 0.15) is 12.4 Å². The summed E-state index contributed by atoms with van der Waals surface area (Å²) in [5, 5.41) is 22.6. The predicted octanol–water partition coefficient (Wildman–Crippen LogP) is 3.45. The van der Waals surface area contributed by atoms with Crippen LogP contribution in [0.25, 0.3) is 10.9 Å². The van der Waals surface area contributed by atoms with Crippen molar-refractivity contribution in [3.8, 4) is 5.75 Å². The molecule has 0 spiro atoms. The normalized spacial score (nSPS) is 12.7. The highest BCUT2D eigenvalue weighted by Gasteiger charge is 2.21. The highest BCUT2D eigenvalue weighted by Crippen LogP contribution is 2.26. The van der Waals surface area contributed by atoms with E-state index < -0.39 is 16.1 Å². The summed E-state index contributed by atoms with van der Waals surface area (Å²) in [6.45, 7) is 6.66. The number of aryl methyl sites for hydroxylation is 3. The van der Waals surface area contributed by atoms with E-state index in [2.05, 4.69) is 25.2 Å². The molecule has 0 radical (unpaired) electrons. The van der Waals surface area contributed by atoms with Crippen LogP contribution in [0, 0.1) is 20.8 Å². The Morgan fingerprint density at radius 3 is 2.76 bits per heavy atom. The Balaban J connectivity index is 1.28. The molecule has 0 bridgehead atoms. The van der Waals surface area contributed by atoms with Gasteiger partial charge in [0, 0.05) is 35.9 Å². The van der Waals surface area contributed by atoms with Crippen LogP contribution in [0.1, 0.15) is 28.1 Å². The quantitative estimate of drug-likeness (QED) is 0.245. The molecule has 2 aromatic heterocycles. The van der Waals surface area contributed by atoms with Crippen molar-refractivity contribution in [2.45, 2.75) is 31.1 Å². The van der Waals surface area contributed by atoms with E-state index in [1.165, 1.54) is 0 Å². The molecule has 0 aliphatic carbocycles. The summed E-state index contributed by atoms with van der Waals surface area (Å²) in [4.78, 5) is 4.18. The van der Waals surface area contributed by atoms with Gasteiger partial charge < -0.3 is 15.2 Å². The van der Waals surface area contributed by atoms with Crippen LogP contribution in [0.5, 0.6) is 5.75 Å². The van der Waals surface area contributed by atoms with Gasteiger partial charge in [-0.1, -0.05) is 12.1 Å². The number of aromatic amines is 1. The van der Waals surface area contributed by atoms with E-state index >= 15 is 0 Å². The maximum absolute atomic E-state index is 12.7. The van der Waals surface area contributed by atoms with Crippen LogP contribution in [0.15, 0.2) is 46.7 Å². The number of sulfonamides is 1. The van der Waals surface area contributed by atoms with E-state index in [0.29, 0.717) is 41.6 Å². The Labute approximate surface area is 202 Å². The molecule has 0 unspecified atom stereocenters. The van der Waals surface area contributed by atoms with Crippen molar-refractivity contribution in [3.05, 3.63) is 64.4 Å². The van der Waals surface area contributed by atoms with E-state index in [9.17, 15) is 13.5 Å². The summed E-state index contributed by atoms with van der Waals surface area (Å²) in [6.07, 6.45) is -0.805. The molecule has 4 N–H and O–H groups in total. The van der Waals surface area contributed by atoms with E-state index in [1.807, 2.05) is 25.1 Å². The largest absolute Gasteiger partial charge is 0.492 e. The van der Waals surface area contributed by atoms with Gasteiger partial charge in [0.05, 0.1) is 22.3 Å². The number of H-pyrrole nitrogens is 1. The number of nitrogens with one attached hydrogen (secondary N) is 3. The predicted molar refractivity (Wildman–Crippen MR) is 133 cm³/mol. The lowest BCUT2D eigenvalue weighted by Crippen LogP contribution is -2.26. The zero-order valence-electron chi connectivity index (χ0n) is 19.1. The smallest absolute Gasteiger partial charge is 0.273 e. The van der Waals surface area contributed by atoms with Crippen molar-refractivity contribution in [2.24, 2.45) is 0 Å². The summed E-state index contributed by atoms with van der Waals surface area (Å²) in [6, 6.07) is 12.5. The molecule has 0 aliphatic rings. The third-order valence-corrected chi connectivity index (χ3v) is 8.29. The number of hydrogen-bond donors (Lipinski definition) is 4. The highest BCUT2D eigenvalue weighted by molar-refractivity contribution is 7.94. The van der Waals surface area contributed by atoms with Crippen LogP contribution >= 0.6 is 11.3 Å². The zero-order valence-corrected chi connectivity index (χ0v) is 20.8. The Kier molecular flexibility index (Phi) is 7.17. The summed E-state index contributed by atoms with van der Waals surface area (Å²) < 4.78 is 34.0. The van der Waals surface area contributed by atoms with Crippen LogP contribution in [0.4, 0.5) is 5.69 Å². The highest BCUT2D eigenvalue weighted by atomic mass is 32.2. The van der Waals surface area contributed by atoms with E-state index in [1.54, 1.807) is 38.1 Å². The molecule has 180 valence electrons. The molecule has 4 rings (SSSR count). The molecule has 0 amide bonds. The van der Waals surface area contributed by atoms with Gasteiger partial charge in [-0.2, -0.15) is 5.10 Å². The van der Waals surface area contributed by atoms with Crippen LogP contribution < -0.4 is 14.8 Å². The minimum absolute atomic E-state index is 0.194. The van der Waals surface area contributed by atoms with E-state index in [-0.39, 0.29) is 4.21 Å². The minimum atomic E-state index is -3.74. The lowest BCUT2D eigenvalue weighted by molar-refractivity contribution is 0.172. The monoisotopic (exact) mass is 501 g/mol. The number of thiazole rings is 1. The Morgan fingerprint density at radius 2 is 2.00 bits per heavy atom. The van der Waals surface area contributed by atoms with Gasteiger partial charge in [-0.15, -0.1) is 11.3 Å². The molecule has 9 nitrogen and oxygen atoms in total. The summed E-state index contributed by atoms with van der Waals surface area (Å²) >= 11 is 1.13. The first-order chi connectivity index (χ1) is 16.2. The van der Waals surface area contributed by atoms with Crippen molar-refractivity contribution in [3.63, 3.8) is 0 Å². The van der Waals surface area contributed by atoms with Gasteiger partial charge in [-0.25, -0.2) is 13.4 Å². The lowest BCUT2D eigenvalue weighted by atomic mass is 10.1. The second-order valence-electron chi connectivity index (χ2n) is 7.93. The van der Waals surface area contributed by atoms with Crippen LogP contribution in [0.3, 0.4) is 0 Å². The van der Waals surface area contributed by atoms with Crippen LogP contribution in [-0.4, -0.2) is 48.4 Å². The van der Waals surface area contributed by atoms with Crippen molar-refractivity contribution < 1.29 is 18.3 Å². The number of aliphatic hydroxyl groups excluding tert-OH is 1. The molecule has 0 aliphatic heterocycles. The second-order valence-corrected chi connectivity index (χ2v) is 11.0. The summed E-state index contributed by atoms with van der Waals surface area (Å²) in [5.74, 6) is 0.729. The topological polar surface area (TPSA) is 129 Å². The molecule has 0 saturated heterocycles. The van der Waals surface area contributed by atoms with Crippen LogP contribution in [-0.2, 0) is 10.0 Å². The maximum Gasteiger partial charge on any atom is 0.273 e. The Bertz CT molecular complexity index is 1400. The van der Waals surface area contributed by atoms with Crippen molar-refractivity contribution in [2.75, 3.05) is 24.4 Å². The van der Waals surface area contributed by atoms with Gasteiger partial charge in [0.15, 0.2) is 4.21 Å². The molecule has 0 saturated carbocycles. The zero-order chi connectivity index (χ0) is 24.3. The fourth-order valence-electron chi connectivity index (χ4n) is 3.59. The average molecular weight is 502 g/mol.